The van der Waals surface area contributed by atoms with E-state index in [1.165, 1.54) is 14.2 Å². The van der Waals surface area contributed by atoms with E-state index >= 15 is 0 Å². The summed E-state index contributed by atoms with van der Waals surface area (Å²) < 4.78 is 15.6. The minimum absolute atomic E-state index is 0.0440. The van der Waals surface area contributed by atoms with Crippen LogP contribution in [0.15, 0.2) is 45.6 Å². The first-order chi connectivity index (χ1) is 14.1. The lowest BCUT2D eigenvalue weighted by atomic mass is 10.1. The van der Waals surface area contributed by atoms with Crippen molar-refractivity contribution in [3.63, 3.8) is 0 Å². The van der Waals surface area contributed by atoms with E-state index in [2.05, 4.69) is 9.97 Å². The highest BCUT2D eigenvalue weighted by atomic mass is 16.5. The highest BCUT2D eigenvalue weighted by molar-refractivity contribution is 5.96. The number of hydrogen-bond acceptors (Lipinski definition) is 8. The normalized spacial score (nSPS) is 14.1. The van der Waals surface area contributed by atoms with E-state index in [1.807, 2.05) is 17.0 Å². The van der Waals surface area contributed by atoms with Gasteiger partial charge in [-0.2, -0.15) is 9.97 Å². The topological polar surface area (TPSA) is 98.0 Å². The Balaban J connectivity index is 1.51. The summed E-state index contributed by atoms with van der Waals surface area (Å²) >= 11 is 0. The highest BCUT2D eigenvalue weighted by Gasteiger charge is 2.26. The Morgan fingerprint density at radius 2 is 1.79 bits per heavy atom. The molecule has 4 rings (SSSR count). The fraction of sp³-hybridized carbons (Fsp3) is 0.300. The van der Waals surface area contributed by atoms with Crippen LogP contribution in [-0.2, 0) is 0 Å². The second-order valence-electron chi connectivity index (χ2n) is 6.52. The lowest BCUT2D eigenvalue weighted by molar-refractivity contribution is 0.0742. The van der Waals surface area contributed by atoms with Crippen LogP contribution >= 0.6 is 0 Å². The van der Waals surface area contributed by atoms with Crippen LogP contribution in [0.25, 0.3) is 11.0 Å². The second-order valence-corrected chi connectivity index (χ2v) is 6.52. The zero-order chi connectivity index (χ0) is 20.4. The van der Waals surface area contributed by atoms with Gasteiger partial charge in [0.25, 0.3) is 5.91 Å². The summed E-state index contributed by atoms with van der Waals surface area (Å²) in [6, 6.07) is 10.7. The number of benzene rings is 1. The Hall–Kier alpha value is -3.62. The van der Waals surface area contributed by atoms with Crippen LogP contribution in [0.3, 0.4) is 0 Å². The van der Waals surface area contributed by atoms with Gasteiger partial charge in [0.1, 0.15) is 17.0 Å². The maximum absolute atomic E-state index is 12.9. The van der Waals surface area contributed by atoms with Crippen molar-refractivity contribution in [1.82, 2.24) is 14.9 Å². The number of carbonyl (C=O) groups excluding carboxylic acids is 1. The van der Waals surface area contributed by atoms with Gasteiger partial charge in [0.15, 0.2) is 0 Å². The van der Waals surface area contributed by atoms with Gasteiger partial charge in [-0.25, -0.2) is 4.79 Å². The van der Waals surface area contributed by atoms with E-state index in [4.69, 9.17) is 13.9 Å². The zero-order valence-corrected chi connectivity index (χ0v) is 16.1. The monoisotopic (exact) mass is 396 g/mol. The third-order valence-electron chi connectivity index (χ3n) is 4.82. The second kappa shape index (κ2) is 7.78. The molecule has 3 aromatic rings. The number of para-hydroxylation sites is 1. The van der Waals surface area contributed by atoms with Crippen molar-refractivity contribution in [2.24, 2.45) is 0 Å². The quantitative estimate of drug-likeness (QED) is 0.613. The van der Waals surface area contributed by atoms with E-state index in [0.717, 1.165) is 0 Å². The molecule has 0 unspecified atom stereocenters. The molecule has 0 spiro atoms. The summed E-state index contributed by atoms with van der Waals surface area (Å²) in [6.45, 7) is 1.99. The molecular weight excluding hydrogens is 376 g/mol. The molecule has 1 aromatic carbocycles. The Kier molecular flexibility index (Phi) is 5.03. The molecule has 150 valence electrons. The van der Waals surface area contributed by atoms with Gasteiger partial charge in [-0.05, 0) is 12.1 Å². The molecule has 3 heterocycles. The first kappa shape index (κ1) is 18.7. The molecule has 0 bridgehead atoms. The number of rotatable bonds is 4. The lowest BCUT2D eigenvalue weighted by Crippen LogP contribution is -2.49. The number of anilines is 1. The van der Waals surface area contributed by atoms with Crippen molar-refractivity contribution < 1.29 is 18.7 Å². The van der Waals surface area contributed by atoms with Crippen LogP contribution in [0.2, 0.25) is 0 Å². The first-order valence-electron chi connectivity index (χ1n) is 9.13. The molecule has 0 atom stereocenters. The van der Waals surface area contributed by atoms with E-state index in [9.17, 15) is 9.59 Å². The Labute approximate surface area is 166 Å². The number of nitrogens with zero attached hydrogens (tertiary/aromatic N) is 4. The molecule has 9 heteroatoms. The van der Waals surface area contributed by atoms with Crippen LogP contribution in [0.1, 0.15) is 10.4 Å². The molecule has 1 aliphatic rings. The van der Waals surface area contributed by atoms with Crippen LogP contribution < -0.4 is 20.0 Å². The minimum atomic E-state index is -0.624. The number of fused-ring (bicyclic) bond motifs is 1. The van der Waals surface area contributed by atoms with Gasteiger partial charge in [0.05, 0.1) is 14.2 Å². The van der Waals surface area contributed by atoms with Crippen molar-refractivity contribution in [2.75, 3.05) is 45.3 Å². The number of aromatic nitrogens is 2. The molecule has 0 saturated carbocycles. The van der Waals surface area contributed by atoms with E-state index in [1.54, 1.807) is 29.2 Å². The van der Waals surface area contributed by atoms with Crippen molar-refractivity contribution >= 4 is 22.7 Å². The van der Waals surface area contributed by atoms with Crippen LogP contribution in [0.4, 0.5) is 5.82 Å². The molecular formula is C20H20N4O5. The van der Waals surface area contributed by atoms with Crippen molar-refractivity contribution in [2.45, 2.75) is 0 Å². The van der Waals surface area contributed by atoms with Crippen molar-refractivity contribution in [3.05, 3.63) is 52.4 Å². The molecule has 2 aromatic heterocycles. The molecule has 1 saturated heterocycles. The smallest absolute Gasteiger partial charge is 0.349 e. The molecule has 0 N–H and O–H groups in total. The predicted molar refractivity (Wildman–Crippen MR) is 106 cm³/mol. The summed E-state index contributed by atoms with van der Waals surface area (Å²) in [5, 5.41) is 0.717. The number of carbonyl (C=O) groups is 1. The predicted octanol–water partition coefficient (Wildman–Crippen LogP) is 1.56. The van der Waals surface area contributed by atoms with Gasteiger partial charge >= 0.3 is 11.6 Å². The number of hydrogen-bond donors (Lipinski definition) is 0. The highest BCUT2D eigenvalue weighted by Crippen LogP contribution is 2.22. The largest absolute Gasteiger partial charge is 0.481 e. The van der Waals surface area contributed by atoms with Gasteiger partial charge in [0, 0.05) is 37.6 Å². The third-order valence-corrected chi connectivity index (χ3v) is 4.82. The van der Waals surface area contributed by atoms with Crippen molar-refractivity contribution in [3.8, 4) is 11.9 Å². The average Bonchev–Trinajstić information content (AvgIpc) is 2.77. The number of piperazine rings is 1. The summed E-state index contributed by atoms with van der Waals surface area (Å²) in [7, 11) is 3.02. The van der Waals surface area contributed by atoms with Crippen LogP contribution in [0, 0.1) is 0 Å². The van der Waals surface area contributed by atoms with Gasteiger partial charge in [-0.3, -0.25) is 4.79 Å². The molecule has 1 amide bonds. The summed E-state index contributed by atoms with van der Waals surface area (Å²) in [6.07, 6.45) is 0. The number of amides is 1. The Bertz CT molecular complexity index is 1080. The molecule has 0 aliphatic carbocycles. The molecule has 9 nitrogen and oxygen atoms in total. The Morgan fingerprint density at radius 1 is 1.03 bits per heavy atom. The average molecular weight is 396 g/mol. The molecule has 0 radical (unpaired) electrons. The van der Waals surface area contributed by atoms with E-state index in [-0.39, 0.29) is 17.5 Å². The standard InChI is InChI=1S/C20H20N4O5/c1-27-17-12-16(21-20(22-17)28-2)23-7-9-24(10-8-23)18(25)14-11-13-5-3-4-6-15(13)29-19(14)26/h3-6,11-12H,7-10H2,1-2H3. The van der Waals surface area contributed by atoms with E-state index < -0.39 is 5.63 Å². The number of ether oxygens (including phenoxy) is 2. The number of methoxy groups -OCH3 is 2. The fourth-order valence-electron chi connectivity index (χ4n) is 3.27. The molecule has 29 heavy (non-hydrogen) atoms. The maximum Gasteiger partial charge on any atom is 0.349 e. The van der Waals surface area contributed by atoms with Gasteiger partial charge in [0.2, 0.25) is 5.88 Å². The van der Waals surface area contributed by atoms with Crippen LogP contribution in [-0.4, -0.2) is 61.2 Å². The molecule has 1 aliphatic heterocycles. The maximum atomic E-state index is 12.9. The van der Waals surface area contributed by atoms with E-state index in [0.29, 0.717) is 48.8 Å². The van der Waals surface area contributed by atoms with Crippen LogP contribution in [0.5, 0.6) is 11.9 Å². The summed E-state index contributed by atoms with van der Waals surface area (Å²) in [4.78, 5) is 37.3. The zero-order valence-electron chi connectivity index (χ0n) is 16.1. The van der Waals surface area contributed by atoms with Gasteiger partial charge in [-0.15, -0.1) is 0 Å². The Morgan fingerprint density at radius 3 is 2.52 bits per heavy atom. The fourth-order valence-corrected chi connectivity index (χ4v) is 3.27. The molecule has 1 fully saturated rings. The van der Waals surface area contributed by atoms with Gasteiger partial charge in [-0.1, -0.05) is 18.2 Å². The SMILES string of the molecule is COc1cc(N2CCN(C(=O)c3cc4ccccc4oc3=O)CC2)nc(OC)n1. The summed E-state index contributed by atoms with van der Waals surface area (Å²) in [5.41, 5.74) is -0.116. The first-order valence-corrected chi connectivity index (χ1v) is 9.13. The lowest BCUT2D eigenvalue weighted by Gasteiger charge is -2.35. The van der Waals surface area contributed by atoms with Gasteiger partial charge < -0.3 is 23.7 Å². The third kappa shape index (κ3) is 3.71. The minimum Gasteiger partial charge on any atom is -0.481 e. The summed E-state index contributed by atoms with van der Waals surface area (Å²) in [5.74, 6) is 0.729. The van der Waals surface area contributed by atoms with Crippen molar-refractivity contribution in [1.29, 1.82) is 0 Å².